The number of esters is 1. The van der Waals surface area contributed by atoms with E-state index in [9.17, 15) is 9.59 Å². The Bertz CT molecular complexity index is 434. The zero-order valence-electron chi connectivity index (χ0n) is 20.3. The molecule has 0 spiro atoms. The summed E-state index contributed by atoms with van der Waals surface area (Å²) in [5.74, 6) is -0.683. The Labute approximate surface area is 191 Å². The standard InChI is InChI=1S/C26H48O5/c1-3-5-7-9-11-13-15-17-19-21-25(27)29-23-24-30-31-26(28)22-20-18-16-14-12-10-8-6-4-2/h23-24H,3-22H2,1-2H3. The van der Waals surface area contributed by atoms with Gasteiger partial charge in [-0.15, -0.1) is 0 Å². The minimum absolute atomic E-state index is 0.288. The van der Waals surface area contributed by atoms with Crippen molar-refractivity contribution in [3.05, 3.63) is 12.5 Å². The lowest BCUT2D eigenvalue weighted by Crippen LogP contribution is -2.03. The van der Waals surface area contributed by atoms with Gasteiger partial charge >= 0.3 is 11.9 Å². The van der Waals surface area contributed by atoms with Gasteiger partial charge in [-0.1, -0.05) is 117 Å². The second-order valence-electron chi connectivity index (χ2n) is 8.47. The fraction of sp³-hybridized carbons (Fsp3) is 0.846. The quantitative estimate of drug-likeness (QED) is 0.0525. The molecule has 0 aromatic rings. The van der Waals surface area contributed by atoms with Gasteiger partial charge in [0.15, 0.2) is 6.26 Å². The summed E-state index contributed by atoms with van der Waals surface area (Å²) in [4.78, 5) is 32.5. The van der Waals surface area contributed by atoms with E-state index in [-0.39, 0.29) is 5.97 Å². The molecular formula is C26H48O5. The van der Waals surface area contributed by atoms with E-state index in [2.05, 4.69) is 23.6 Å². The average molecular weight is 441 g/mol. The number of hydrogen-bond acceptors (Lipinski definition) is 5. The zero-order valence-corrected chi connectivity index (χ0v) is 20.3. The number of unbranched alkanes of at least 4 members (excludes halogenated alkanes) is 16. The Hall–Kier alpha value is -1.52. The number of carbonyl (C=O) groups excluding carboxylic acids is 2. The summed E-state index contributed by atoms with van der Waals surface area (Å²) in [5, 5.41) is 0. The Kier molecular flexibility index (Phi) is 23.5. The van der Waals surface area contributed by atoms with Crippen LogP contribution in [0.1, 0.15) is 142 Å². The second-order valence-corrected chi connectivity index (χ2v) is 8.47. The lowest BCUT2D eigenvalue weighted by Gasteiger charge is -2.03. The SMILES string of the molecule is CCCCCCCCCCCC(=O)OC=COOC(=O)CCCCCCCCCCC. The van der Waals surface area contributed by atoms with Crippen LogP contribution in [-0.2, 0) is 24.1 Å². The molecule has 0 heterocycles. The van der Waals surface area contributed by atoms with Crippen molar-refractivity contribution >= 4 is 11.9 Å². The van der Waals surface area contributed by atoms with Gasteiger partial charge < -0.3 is 4.74 Å². The van der Waals surface area contributed by atoms with Crippen molar-refractivity contribution in [2.45, 2.75) is 142 Å². The summed E-state index contributed by atoms with van der Waals surface area (Å²) in [6.07, 6.45) is 24.7. The first kappa shape index (κ1) is 29.5. The van der Waals surface area contributed by atoms with E-state index in [1.807, 2.05) is 0 Å². The molecular weight excluding hydrogens is 392 g/mol. The summed E-state index contributed by atoms with van der Waals surface area (Å²) < 4.78 is 4.92. The highest BCUT2D eigenvalue weighted by molar-refractivity contribution is 5.70. The van der Waals surface area contributed by atoms with Crippen molar-refractivity contribution in [1.82, 2.24) is 0 Å². The number of carbonyl (C=O) groups is 2. The van der Waals surface area contributed by atoms with Crippen LogP contribution >= 0.6 is 0 Å². The van der Waals surface area contributed by atoms with Crippen LogP contribution in [0.5, 0.6) is 0 Å². The van der Waals surface area contributed by atoms with Crippen LogP contribution < -0.4 is 0 Å². The largest absolute Gasteiger partial charge is 0.431 e. The fourth-order valence-electron chi connectivity index (χ4n) is 3.47. The molecule has 5 nitrogen and oxygen atoms in total. The summed E-state index contributed by atoms with van der Waals surface area (Å²) in [6, 6.07) is 0. The smallest absolute Gasteiger partial charge is 0.355 e. The van der Waals surface area contributed by atoms with Crippen molar-refractivity contribution in [3.63, 3.8) is 0 Å². The molecule has 0 aromatic carbocycles. The maximum atomic E-state index is 11.6. The molecule has 0 aliphatic heterocycles. The highest BCUT2D eigenvalue weighted by Crippen LogP contribution is 2.12. The summed E-state index contributed by atoms with van der Waals surface area (Å²) in [6.45, 7) is 4.46. The Morgan fingerprint density at radius 1 is 0.516 bits per heavy atom. The molecule has 0 saturated heterocycles. The number of hydrogen-bond donors (Lipinski definition) is 0. The van der Waals surface area contributed by atoms with Crippen molar-refractivity contribution in [3.8, 4) is 0 Å². The molecule has 0 unspecified atom stereocenters. The summed E-state index contributed by atoms with van der Waals surface area (Å²) >= 11 is 0. The van der Waals surface area contributed by atoms with Crippen LogP contribution in [-0.4, -0.2) is 11.9 Å². The van der Waals surface area contributed by atoms with E-state index in [4.69, 9.17) is 4.74 Å². The topological polar surface area (TPSA) is 61.8 Å². The molecule has 0 radical (unpaired) electrons. The maximum absolute atomic E-state index is 11.6. The fourth-order valence-corrected chi connectivity index (χ4v) is 3.47. The van der Waals surface area contributed by atoms with Gasteiger partial charge in [0.1, 0.15) is 6.26 Å². The minimum atomic E-state index is -0.395. The van der Waals surface area contributed by atoms with Crippen LogP contribution in [0, 0.1) is 0 Å². The molecule has 0 aliphatic carbocycles. The van der Waals surface area contributed by atoms with E-state index in [1.54, 1.807) is 0 Å². The van der Waals surface area contributed by atoms with Crippen molar-refractivity contribution in [1.29, 1.82) is 0 Å². The van der Waals surface area contributed by atoms with Crippen molar-refractivity contribution in [2.24, 2.45) is 0 Å². The van der Waals surface area contributed by atoms with Crippen LogP contribution in [0.25, 0.3) is 0 Å². The first-order chi connectivity index (χ1) is 15.2. The highest BCUT2D eigenvalue weighted by atomic mass is 17.2. The summed E-state index contributed by atoms with van der Waals surface area (Å²) in [7, 11) is 0. The average Bonchev–Trinajstić information content (AvgIpc) is 2.76. The monoisotopic (exact) mass is 440 g/mol. The molecule has 0 aliphatic rings. The van der Waals surface area contributed by atoms with Crippen LogP contribution in [0.15, 0.2) is 12.5 Å². The van der Waals surface area contributed by atoms with Gasteiger partial charge in [-0.2, -0.15) is 0 Å². The van der Waals surface area contributed by atoms with E-state index < -0.39 is 5.97 Å². The van der Waals surface area contributed by atoms with Gasteiger partial charge in [0.25, 0.3) is 0 Å². The molecule has 0 saturated carbocycles. The van der Waals surface area contributed by atoms with Crippen molar-refractivity contribution in [2.75, 3.05) is 0 Å². The Morgan fingerprint density at radius 2 is 0.903 bits per heavy atom. The molecule has 182 valence electrons. The van der Waals surface area contributed by atoms with E-state index >= 15 is 0 Å². The highest BCUT2D eigenvalue weighted by Gasteiger charge is 2.04. The minimum Gasteiger partial charge on any atom is -0.431 e. The molecule has 0 bridgehead atoms. The molecule has 0 fully saturated rings. The van der Waals surface area contributed by atoms with Gasteiger partial charge in [-0.05, 0) is 12.8 Å². The summed E-state index contributed by atoms with van der Waals surface area (Å²) in [5.41, 5.74) is 0. The van der Waals surface area contributed by atoms with Gasteiger partial charge in [-0.3, -0.25) is 14.6 Å². The molecule has 0 amide bonds. The number of ether oxygens (including phenoxy) is 1. The van der Waals surface area contributed by atoms with Gasteiger partial charge in [0.2, 0.25) is 0 Å². The molecule has 0 atom stereocenters. The van der Waals surface area contributed by atoms with Gasteiger partial charge in [0.05, 0.1) is 6.42 Å². The van der Waals surface area contributed by atoms with Crippen molar-refractivity contribution < 1.29 is 24.1 Å². The third-order valence-electron chi connectivity index (χ3n) is 5.42. The predicted octanol–water partition coefficient (Wildman–Crippen LogP) is 8.32. The Morgan fingerprint density at radius 3 is 1.35 bits per heavy atom. The van der Waals surface area contributed by atoms with Crippen LogP contribution in [0.3, 0.4) is 0 Å². The maximum Gasteiger partial charge on any atom is 0.355 e. The second kappa shape index (κ2) is 24.7. The molecule has 0 rings (SSSR count). The molecule has 5 heteroatoms. The zero-order chi connectivity index (χ0) is 22.8. The lowest BCUT2D eigenvalue weighted by molar-refractivity contribution is -0.239. The Balaban J connectivity index is 3.38. The van der Waals surface area contributed by atoms with Crippen LogP contribution in [0.4, 0.5) is 0 Å². The number of rotatable bonds is 23. The first-order valence-corrected chi connectivity index (χ1v) is 12.9. The first-order valence-electron chi connectivity index (χ1n) is 12.9. The third kappa shape index (κ3) is 24.6. The lowest BCUT2D eigenvalue weighted by atomic mass is 10.1. The van der Waals surface area contributed by atoms with E-state index in [1.165, 1.54) is 83.5 Å². The molecule has 31 heavy (non-hydrogen) atoms. The third-order valence-corrected chi connectivity index (χ3v) is 5.42. The van der Waals surface area contributed by atoms with Gasteiger partial charge in [0, 0.05) is 6.42 Å². The van der Waals surface area contributed by atoms with Gasteiger partial charge in [-0.25, -0.2) is 4.79 Å². The molecule has 0 aromatic heterocycles. The predicted molar refractivity (Wildman–Crippen MR) is 126 cm³/mol. The molecule has 0 N–H and O–H groups in total. The van der Waals surface area contributed by atoms with E-state index in [0.29, 0.717) is 12.8 Å². The van der Waals surface area contributed by atoms with Crippen LogP contribution in [0.2, 0.25) is 0 Å². The normalized spacial score (nSPS) is 11.0. The van der Waals surface area contributed by atoms with E-state index in [0.717, 1.165) is 44.6 Å².